The van der Waals surface area contributed by atoms with Crippen LogP contribution in [0.5, 0.6) is 0 Å². The van der Waals surface area contributed by atoms with E-state index in [2.05, 4.69) is 46.5 Å². The Kier molecular flexibility index (Phi) is 7.82. The second-order valence-electron chi connectivity index (χ2n) is 5.72. The Hall–Kier alpha value is -1.82. The highest BCUT2D eigenvalue weighted by Crippen LogP contribution is 2.19. The van der Waals surface area contributed by atoms with Gasteiger partial charge in [0.2, 0.25) is 11.1 Å². The molecule has 0 aliphatic heterocycles. The van der Waals surface area contributed by atoms with Crippen LogP contribution in [0.4, 0.5) is 0 Å². The highest BCUT2D eigenvalue weighted by Gasteiger charge is 2.08. The average Bonchev–Trinajstić information content (AvgIpc) is 3.09. The van der Waals surface area contributed by atoms with Gasteiger partial charge >= 0.3 is 0 Å². The zero-order valence-electron chi connectivity index (χ0n) is 14.5. The van der Waals surface area contributed by atoms with E-state index < -0.39 is 0 Å². The molecule has 0 spiro atoms. The fraction of sp³-hybridized carbons (Fsp3) is 0.500. The van der Waals surface area contributed by atoms with Crippen LogP contribution in [0, 0.1) is 0 Å². The Bertz CT molecular complexity index is 624. The zero-order valence-corrected chi connectivity index (χ0v) is 15.3. The van der Waals surface area contributed by atoms with Gasteiger partial charge in [-0.15, -0.1) is 5.10 Å². The number of aryl methyl sites for hydroxylation is 1. The third-order valence-electron chi connectivity index (χ3n) is 3.79. The number of hydrogen-bond donors (Lipinski definition) is 2. The van der Waals surface area contributed by atoms with Crippen LogP contribution in [0.3, 0.4) is 0 Å². The normalized spacial score (nSPS) is 10.8. The van der Waals surface area contributed by atoms with E-state index in [0.29, 0.717) is 10.9 Å². The summed E-state index contributed by atoms with van der Waals surface area (Å²) in [6.07, 6.45) is 5.67. The number of rotatable bonds is 10. The van der Waals surface area contributed by atoms with Gasteiger partial charge in [-0.1, -0.05) is 69.1 Å². The molecule has 0 aliphatic rings. The molecule has 2 N–H and O–H groups in total. The lowest BCUT2D eigenvalue weighted by Crippen LogP contribution is -2.26. The summed E-state index contributed by atoms with van der Waals surface area (Å²) in [5.74, 6) is 1.12. The van der Waals surface area contributed by atoms with Crippen LogP contribution in [-0.4, -0.2) is 33.4 Å². The second kappa shape index (κ2) is 10.1. The fourth-order valence-corrected chi connectivity index (χ4v) is 2.93. The molecule has 1 heterocycles. The lowest BCUT2D eigenvalue weighted by Gasteiger charge is -2.03. The van der Waals surface area contributed by atoms with Gasteiger partial charge in [-0.3, -0.25) is 9.89 Å². The molecule has 130 valence electrons. The number of hydrogen-bond acceptors (Lipinski definition) is 4. The van der Waals surface area contributed by atoms with Crippen LogP contribution in [0.25, 0.3) is 11.4 Å². The smallest absolute Gasteiger partial charge is 0.230 e. The highest BCUT2D eigenvalue weighted by atomic mass is 32.2. The fourth-order valence-electron chi connectivity index (χ4n) is 2.30. The maximum absolute atomic E-state index is 11.8. The van der Waals surface area contributed by atoms with Crippen molar-refractivity contribution in [3.8, 4) is 11.4 Å². The van der Waals surface area contributed by atoms with E-state index in [0.717, 1.165) is 30.8 Å². The van der Waals surface area contributed by atoms with E-state index in [-0.39, 0.29) is 5.91 Å². The molecule has 1 amide bonds. The summed E-state index contributed by atoms with van der Waals surface area (Å²) >= 11 is 1.35. The number of aromatic amines is 1. The Labute approximate surface area is 148 Å². The molecular formula is C18H26N4OS. The van der Waals surface area contributed by atoms with Gasteiger partial charge in [-0.25, -0.2) is 4.98 Å². The quantitative estimate of drug-likeness (QED) is 0.507. The zero-order chi connectivity index (χ0) is 17.2. The molecule has 0 bridgehead atoms. The first kappa shape index (κ1) is 18.5. The van der Waals surface area contributed by atoms with Crippen molar-refractivity contribution in [3.63, 3.8) is 0 Å². The number of H-pyrrole nitrogens is 1. The van der Waals surface area contributed by atoms with Crippen molar-refractivity contribution in [3.05, 3.63) is 29.8 Å². The number of benzene rings is 1. The van der Waals surface area contributed by atoms with Crippen molar-refractivity contribution in [1.82, 2.24) is 20.5 Å². The molecule has 0 aliphatic carbocycles. The van der Waals surface area contributed by atoms with Crippen molar-refractivity contribution in [2.45, 2.75) is 51.1 Å². The lowest BCUT2D eigenvalue weighted by molar-refractivity contribution is -0.118. The summed E-state index contributed by atoms with van der Waals surface area (Å²) in [7, 11) is 0. The molecule has 0 radical (unpaired) electrons. The molecule has 0 atom stereocenters. The molecule has 0 saturated heterocycles. The van der Waals surface area contributed by atoms with Gasteiger partial charge in [-0.2, -0.15) is 0 Å². The number of carbonyl (C=O) groups excluding carboxylic acids is 1. The molecule has 2 aromatic rings. The van der Waals surface area contributed by atoms with Crippen molar-refractivity contribution in [2.75, 3.05) is 12.3 Å². The Balaban J connectivity index is 1.75. The number of thioether (sulfide) groups is 1. The molecule has 1 aromatic heterocycles. The molecule has 6 heteroatoms. The van der Waals surface area contributed by atoms with Crippen LogP contribution in [0.15, 0.2) is 29.4 Å². The number of nitrogens with one attached hydrogen (secondary N) is 2. The van der Waals surface area contributed by atoms with Crippen LogP contribution >= 0.6 is 11.8 Å². The summed E-state index contributed by atoms with van der Waals surface area (Å²) in [4.78, 5) is 16.2. The Morgan fingerprint density at radius 2 is 1.96 bits per heavy atom. The van der Waals surface area contributed by atoms with Crippen LogP contribution in [0.1, 0.15) is 45.1 Å². The maximum Gasteiger partial charge on any atom is 0.230 e. The molecule has 1 aromatic carbocycles. The van der Waals surface area contributed by atoms with E-state index in [1.807, 2.05) is 12.1 Å². The number of carbonyl (C=O) groups is 1. The third kappa shape index (κ3) is 6.00. The molecule has 2 rings (SSSR count). The first-order valence-electron chi connectivity index (χ1n) is 8.64. The van der Waals surface area contributed by atoms with E-state index in [9.17, 15) is 4.79 Å². The topological polar surface area (TPSA) is 70.7 Å². The van der Waals surface area contributed by atoms with E-state index in [4.69, 9.17) is 0 Å². The highest BCUT2D eigenvalue weighted by molar-refractivity contribution is 7.99. The van der Waals surface area contributed by atoms with Crippen LogP contribution in [0.2, 0.25) is 0 Å². The van der Waals surface area contributed by atoms with Gasteiger partial charge in [-0.05, 0) is 18.4 Å². The third-order valence-corrected chi connectivity index (χ3v) is 4.63. The van der Waals surface area contributed by atoms with Crippen molar-refractivity contribution >= 4 is 17.7 Å². The van der Waals surface area contributed by atoms with Gasteiger partial charge < -0.3 is 5.32 Å². The summed E-state index contributed by atoms with van der Waals surface area (Å²) in [5.41, 5.74) is 2.30. The first-order chi connectivity index (χ1) is 11.7. The van der Waals surface area contributed by atoms with E-state index >= 15 is 0 Å². The first-order valence-corrected chi connectivity index (χ1v) is 9.62. The summed E-state index contributed by atoms with van der Waals surface area (Å²) in [6, 6.07) is 8.26. The van der Waals surface area contributed by atoms with Crippen molar-refractivity contribution in [2.24, 2.45) is 0 Å². The predicted molar refractivity (Wildman–Crippen MR) is 99.1 cm³/mol. The maximum atomic E-state index is 11.8. The van der Waals surface area contributed by atoms with Gasteiger partial charge in [0.25, 0.3) is 0 Å². The monoisotopic (exact) mass is 346 g/mol. The minimum Gasteiger partial charge on any atom is -0.355 e. The van der Waals surface area contributed by atoms with Crippen LogP contribution in [-0.2, 0) is 11.2 Å². The lowest BCUT2D eigenvalue weighted by atomic mass is 10.1. The van der Waals surface area contributed by atoms with Gasteiger partial charge in [0.15, 0.2) is 5.82 Å². The van der Waals surface area contributed by atoms with Crippen molar-refractivity contribution in [1.29, 1.82) is 0 Å². The predicted octanol–water partition coefficient (Wildman–Crippen LogP) is 3.82. The molecule has 24 heavy (non-hydrogen) atoms. The van der Waals surface area contributed by atoms with Gasteiger partial charge in [0.05, 0.1) is 5.75 Å². The molecular weight excluding hydrogens is 320 g/mol. The molecule has 0 saturated carbocycles. The molecule has 0 unspecified atom stereocenters. The van der Waals surface area contributed by atoms with E-state index in [1.54, 1.807) is 0 Å². The number of unbranched alkanes of at least 4 members (excludes halogenated alkanes) is 3. The number of nitrogens with zero attached hydrogens (tertiary/aromatic N) is 2. The van der Waals surface area contributed by atoms with Crippen molar-refractivity contribution < 1.29 is 4.79 Å². The average molecular weight is 347 g/mol. The van der Waals surface area contributed by atoms with Gasteiger partial charge in [0, 0.05) is 12.1 Å². The Morgan fingerprint density at radius 3 is 2.67 bits per heavy atom. The second-order valence-corrected chi connectivity index (χ2v) is 6.66. The Morgan fingerprint density at radius 1 is 1.17 bits per heavy atom. The molecule has 0 fully saturated rings. The molecule has 5 nitrogen and oxygen atoms in total. The van der Waals surface area contributed by atoms with E-state index in [1.165, 1.54) is 36.6 Å². The number of amides is 1. The van der Waals surface area contributed by atoms with Crippen LogP contribution < -0.4 is 5.32 Å². The SMILES string of the molecule is CCCCCCNC(=O)CSc1n[nH]c(-c2ccc(CC)cc2)n1. The standard InChI is InChI=1S/C18H26N4OS/c1-3-5-6-7-12-19-16(23)13-24-18-20-17(21-22-18)15-10-8-14(4-2)9-11-15/h8-11H,3-7,12-13H2,1-2H3,(H,19,23)(H,20,21,22). The van der Waals surface area contributed by atoms with Gasteiger partial charge in [0.1, 0.15) is 0 Å². The minimum absolute atomic E-state index is 0.0372. The number of aromatic nitrogens is 3. The summed E-state index contributed by atoms with van der Waals surface area (Å²) < 4.78 is 0. The minimum atomic E-state index is 0.0372. The summed E-state index contributed by atoms with van der Waals surface area (Å²) in [5, 5.41) is 10.7. The summed E-state index contributed by atoms with van der Waals surface area (Å²) in [6.45, 7) is 5.06. The largest absolute Gasteiger partial charge is 0.355 e.